The van der Waals surface area contributed by atoms with Crippen LogP contribution in [-0.4, -0.2) is 18.2 Å². The molecule has 1 aromatic carbocycles. The van der Waals surface area contributed by atoms with E-state index in [-0.39, 0.29) is 0 Å². The summed E-state index contributed by atoms with van der Waals surface area (Å²) in [5, 5.41) is 11.1. The highest BCUT2D eigenvalue weighted by Crippen LogP contribution is 2.34. The first kappa shape index (κ1) is 15.9. The van der Waals surface area contributed by atoms with E-state index >= 15 is 0 Å². The molecule has 0 saturated heterocycles. The van der Waals surface area contributed by atoms with E-state index in [1.807, 2.05) is 20.9 Å². The van der Waals surface area contributed by atoms with Gasteiger partial charge in [-0.3, -0.25) is 0 Å². The van der Waals surface area contributed by atoms with Gasteiger partial charge in [0.15, 0.2) is 0 Å². The van der Waals surface area contributed by atoms with Crippen LogP contribution >= 0.6 is 0 Å². The molecule has 0 bridgehead atoms. The Kier molecular flexibility index (Phi) is 4.60. The Morgan fingerprint density at radius 3 is 2.43 bits per heavy atom. The minimum Gasteiger partial charge on any atom is -0.386 e. The highest BCUT2D eigenvalue weighted by atomic mass is 16.5. The van der Waals surface area contributed by atoms with Gasteiger partial charge in [0.2, 0.25) is 0 Å². The van der Waals surface area contributed by atoms with Gasteiger partial charge in [0.05, 0.1) is 17.1 Å². The summed E-state index contributed by atoms with van der Waals surface area (Å²) in [5.41, 5.74) is 5.49. The van der Waals surface area contributed by atoms with Crippen molar-refractivity contribution in [2.24, 2.45) is 5.92 Å². The number of aromatic nitrogens is 1. The third-order valence-electron chi connectivity index (χ3n) is 4.99. The van der Waals surface area contributed by atoms with Crippen molar-refractivity contribution in [2.45, 2.75) is 52.5 Å². The van der Waals surface area contributed by atoms with Crippen LogP contribution in [0.3, 0.4) is 0 Å². The summed E-state index contributed by atoms with van der Waals surface area (Å²) in [6, 6.07) is 7.09. The molecule has 0 aliphatic heterocycles. The topological polar surface area (TPSA) is 50.1 Å². The van der Waals surface area contributed by atoms with Crippen molar-refractivity contribution in [3.8, 4) is 11.1 Å². The van der Waals surface area contributed by atoms with E-state index in [2.05, 4.69) is 40.9 Å². The minimum absolute atomic E-state index is 0.586. The maximum atomic E-state index is 5.30. The molecule has 23 heavy (non-hydrogen) atoms. The van der Waals surface area contributed by atoms with Crippen molar-refractivity contribution in [3.05, 3.63) is 29.7 Å². The predicted octanol–water partition coefficient (Wildman–Crippen LogP) is 4.99. The van der Waals surface area contributed by atoms with Gasteiger partial charge in [0, 0.05) is 18.7 Å². The second-order valence-electron chi connectivity index (χ2n) is 6.81. The third-order valence-corrected chi connectivity index (χ3v) is 4.99. The van der Waals surface area contributed by atoms with Crippen LogP contribution < -0.4 is 10.6 Å². The maximum absolute atomic E-state index is 5.30. The largest absolute Gasteiger partial charge is 0.386 e. The smallest absolute Gasteiger partial charge is 0.141 e. The lowest BCUT2D eigenvalue weighted by Gasteiger charge is -2.28. The molecule has 0 unspecified atom stereocenters. The van der Waals surface area contributed by atoms with Gasteiger partial charge in [-0.1, -0.05) is 18.1 Å². The molecule has 0 spiro atoms. The molecule has 2 N–H and O–H groups in total. The summed E-state index contributed by atoms with van der Waals surface area (Å²) < 4.78 is 5.30. The van der Waals surface area contributed by atoms with Gasteiger partial charge in [0.1, 0.15) is 5.76 Å². The van der Waals surface area contributed by atoms with Crippen LogP contribution in [0, 0.1) is 19.8 Å². The van der Waals surface area contributed by atoms with Crippen LogP contribution in [0.15, 0.2) is 22.7 Å². The molecule has 1 fully saturated rings. The van der Waals surface area contributed by atoms with E-state index < -0.39 is 0 Å². The van der Waals surface area contributed by atoms with Gasteiger partial charge in [-0.25, -0.2) is 0 Å². The summed E-state index contributed by atoms with van der Waals surface area (Å²) >= 11 is 0. The van der Waals surface area contributed by atoms with Gasteiger partial charge >= 0.3 is 0 Å². The molecule has 0 radical (unpaired) electrons. The van der Waals surface area contributed by atoms with Crippen molar-refractivity contribution in [1.29, 1.82) is 0 Å². The second kappa shape index (κ2) is 6.65. The van der Waals surface area contributed by atoms with E-state index in [1.165, 1.54) is 31.4 Å². The standard InChI is InChI=1S/C19H27N3O/c1-12-5-8-16(9-6-12)21-17-10-7-15(11-18(17)20-4)19-13(2)22-23-14(19)3/h7,10-12,16,20-21H,5-6,8-9H2,1-4H3. The molecule has 1 aliphatic carbocycles. The molecule has 124 valence electrons. The molecule has 1 aliphatic rings. The second-order valence-corrected chi connectivity index (χ2v) is 6.81. The number of nitrogens with one attached hydrogen (secondary N) is 2. The monoisotopic (exact) mass is 313 g/mol. The van der Waals surface area contributed by atoms with E-state index in [0.29, 0.717) is 6.04 Å². The Labute approximate surface area is 138 Å². The Bertz CT molecular complexity index is 650. The molecule has 4 nitrogen and oxygen atoms in total. The Balaban J connectivity index is 1.83. The first-order valence-corrected chi connectivity index (χ1v) is 8.60. The number of benzene rings is 1. The molecule has 1 aromatic heterocycles. The Morgan fingerprint density at radius 2 is 1.83 bits per heavy atom. The van der Waals surface area contributed by atoms with Crippen molar-refractivity contribution in [1.82, 2.24) is 5.16 Å². The molecule has 4 heteroatoms. The molecule has 1 saturated carbocycles. The number of rotatable bonds is 4. The van der Waals surface area contributed by atoms with Crippen LogP contribution in [0.1, 0.15) is 44.1 Å². The number of nitrogens with zero attached hydrogens (tertiary/aromatic N) is 1. The zero-order valence-corrected chi connectivity index (χ0v) is 14.6. The summed E-state index contributed by atoms with van der Waals surface area (Å²) in [5.74, 6) is 1.74. The summed E-state index contributed by atoms with van der Waals surface area (Å²) in [6.45, 7) is 6.30. The summed E-state index contributed by atoms with van der Waals surface area (Å²) in [4.78, 5) is 0. The van der Waals surface area contributed by atoms with Gasteiger partial charge < -0.3 is 15.2 Å². The Hall–Kier alpha value is -1.97. The van der Waals surface area contributed by atoms with E-state index in [9.17, 15) is 0 Å². The SMILES string of the molecule is CNc1cc(-c2c(C)noc2C)ccc1NC1CCC(C)CC1. The molecule has 1 heterocycles. The van der Waals surface area contributed by atoms with Gasteiger partial charge in [-0.2, -0.15) is 0 Å². The lowest BCUT2D eigenvalue weighted by molar-refractivity contribution is 0.361. The highest BCUT2D eigenvalue weighted by Gasteiger charge is 2.19. The van der Waals surface area contributed by atoms with Crippen molar-refractivity contribution < 1.29 is 4.52 Å². The summed E-state index contributed by atoms with van der Waals surface area (Å²) in [6.07, 6.45) is 5.17. The molecule has 3 rings (SSSR count). The molecular weight excluding hydrogens is 286 g/mol. The van der Waals surface area contributed by atoms with Crippen LogP contribution in [0.4, 0.5) is 11.4 Å². The number of anilines is 2. The van der Waals surface area contributed by atoms with Crippen molar-refractivity contribution >= 4 is 11.4 Å². The zero-order valence-electron chi connectivity index (χ0n) is 14.6. The van der Waals surface area contributed by atoms with Gasteiger partial charge in [0.25, 0.3) is 0 Å². The Morgan fingerprint density at radius 1 is 1.09 bits per heavy atom. The zero-order chi connectivity index (χ0) is 16.4. The number of hydrogen-bond acceptors (Lipinski definition) is 4. The average molecular weight is 313 g/mol. The van der Waals surface area contributed by atoms with Crippen LogP contribution in [-0.2, 0) is 0 Å². The minimum atomic E-state index is 0.586. The first-order chi connectivity index (χ1) is 11.1. The van der Waals surface area contributed by atoms with Crippen LogP contribution in [0.2, 0.25) is 0 Å². The van der Waals surface area contributed by atoms with Gasteiger partial charge in [-0.05, 0) is 63.1 Å². The summed E-state index contributed by atoms with van der Waals surface area (Å²) in [7, 11) is 1.97. The highest BCUT2D eigenvalue weighted by molar-refractivity contribution is 5.79. The lowest BCUT2D eigenvalue weighted by atomic mass is 9.87. The fourth-order valence-electron chi connectivity index (χ4n) is 3.55. The fraction of sp³-hybridized carbons (Fsp3) is 0.526. The van der Waals surface area contributed by atoms with Gasteiger partial charge in [-0.15, -0.1) is 0 Å². The molecule has 2 aromatic rings. The van der Waals surface area contributed by atoms with E-state index in [4.69, 9.17) is 4.52 Å². The molecular formula is C19H27N3O. The number of hydrogen-bond donors (Lipinski definition) is 2. The quantitative estimate of drug-likeness (QED) is 0.835. The first-order valence-electron chi connectivity index (χ1n) is 8.60. The number of aryl methyl sites for hydroxylation is 2. The third kappa shape index (κ3) is 3.36. The van der Waals surface area contributed by atoms with Crippen molar-refractivity contribution in [2.75, 3.05) is 17.7 Å². The maximum Gasteiger partial charge on any atom is 0.141 e. The van der Waals surface area contributed by atoms with E-state index in [1.54, 1.807) is 0 Å². The van der Waals surface area contributed by atoms with Crippen molar-refractivity contribution in [3.63, 3.8) is 0 Å². The normalized spacial score (nSPS) is 21.2. The van der Waals surface area contributed by atoms with Crippen LogP contribution in [0.25, 0.3) is 11.1 Å². The average Bonchev–Trinajstić information content (AvgIpc) is 2.89. The fourth-order valence-corrected chi connectivity index (χ4v) is 3.55. The van der Waals surface area contributed by atoms with Crippen LogP contribution in [0.5, 0.6) is 0 Å². The predicted molar refractivity (Wildman–Crippen MR) is 96.0 cm³/mol. The lowest BCUT2D eigenvalue weighted by Crippen LogP contribution is -2.25. The van der Waals surface area contributed by atoms with E-state index in [0.717, 1.165) is 34.2 Å². The molecule has 0 amide bonds. The molecule has 0 atom stereocenters.